The lowest BCUT2D eigenvalue weighted by Crippen LogP contribution is -2.18. The molecule has 1 heterocycles. The highest BCUT2D eigenvalue weighted by Gasteiger charge is 2.14. The van der Waals surface area contributed by atoms with Crippen molar-refractivity contribution in [3.05, 3.63) is 113 Å². The van der Waals surface area contributed by atoms with Gasteiger partial charge >= 0.3 is 0 Å². The van der Waals surface area contributed by atoms with Crippen molar-refractivity contribution in [1.82, 2.24) is 15.6 Å². The first kappa shape index (κ1) is 23.1. The summed E-state index contributed by atoms with van der Waals surface area (Å²) in [5.41, 5.74) is 5.51. The summed E-state index contributed by atoms with van der Waals surface area (Å²) in [5.74, 6) is 0.241. The zero-order valence-corrected chi connectivity index (χ0v) is 19.7. The molecule has 5 aromatic rings. The van der Waals surface area contributed by atoms with Crippen LogP contribution in [0.15, 0.2) is 96.1 Å². The summed E-state index contributed by atoms with van der Waals surface area (Å²) < 4.78 is 6.00. The molecule has 8 heteroatoms. The average Bonchev–Trinajstić information content (AvgIpc) is 3.40. The number of nitrogens with zero attached hydrogens (tertiary/aromatic N) is 2. The summed E-state index contributed by atoms with van der Waals surface area (Å²) in [5, 5.41) is 23.7. The molecule has 36 heavy (non-hydrogen) atoms. The Balaban J connectivity index is 1.29. The van der Waals surface area contributed by atoms with E-state index in [1.165, 1.54) is 6.21 Å². The van der Waals surface area contributed by atoms with Crippen molar-refractivity contribution in [2.45, 2.75) is 6.61 Å². The number of carbonyl (C=O) groups excluding carboxylic acids is 1. The number of H-pyrrole nitrogens is 1. The molecule has 5 rings (SSSR count). The summed E-state index contributed by atoms with van der Waals surface area (Å²) in [4.78, 5) is 12.7. The van der Waals surface area contributed by atoms with Crippen molar-refractivity contribution >= 4 is 34.5 Å². The molecule has 0 fully saturated rings. The fraction of sp³-hybridized carbons (Fsp3) is 0.0357. The van der Waals surface area contributed by atoms with E-state index in [0.29, 0.717) is 28.6 Å². The van der Waals surface area contributed by atoms with Crippen LogP contribution in [0.25, 0.3) is 22.0 Å². The van der Waals surface area contributed by atoms with Crippen LogP contribution in [-0.4, -0.2) is 27.4 Å². The molecule has 0 aliphatic heterocycles. The molecule has 4 aromatic carbocycles. The first-order valence-electron chi connectivity index (χ1n) is 11.1. The van der Waals surface area contributed by atoms with E-state index >= 15 is 0 Å². The van der Waals surface area contributed by atoms with Gasteiger partial charge in [0.05, 0.1) is 11.9 Å². The van der Waals surface area contributed by atoms with Gasteiger partial charge in [0.15, 0.2) is 0 Å². The maximum Gasteiger partial charge on any atom is 0.289 e. The highest BCUT2D eigenvalue weighted by atomic mass is 35.5. The van der Waals surface area contributed by atoms with Crippen molar-refractivity contribution < 1.29 is 14.6 Å². The zero-order valence-electron chi connectivity index (χ0n) is 19.0. The Morgan fingerprint density at radius 2 is 1.81 bits per heavy atom. The number of hydrogen-bond acceptors (Lipinski definition) is 5. The normalized spacial score (nSPS) is 11.1. The summed E-state index contributed by atoms with van der Waals surface area (Å²) in [7, 11) is 0. The molecule has 0 saturated carbocycles. The molecule has 0 atom stereocenters. The monoisotopic (exact) mass is 496 g/mol. The maximum atomic E-state index is 12.7. The van der Waals surface area contributed by atoms with Gasteiger partial charge in [-0.25, -0.2) is 5.43 Å². The van der Waals surface area contributed by atoms with Gasteiger partial charge in [-0.2, -0.15) is 10.2 Å². The Hall–Kier alpha value is -4.62. The number of aromatic nitrogens is 2. The first-order valence-corrected chi connectivity index (χ1v) is 11.5. The number of amides is 1. The predicted octanol–water partition coefficient (Wildman–Crippen LogP) is 5.93. The van der Waals surface area contributed by atoms with Crippen molar-refractivity contribution in [2.75, 3.05) is 0 Å². The van der Waals surface area contributed by atoms with E-state index in [9.17, 15) is 9.90 Å². The van der Waals surface area contributed by atoms with Gasteiger partial charge in [-0.15, -0.1) is 0 Å². The van der Waals surface area contributed by atoms with E-state index < -0.39 is 5.91 Å². The number of nitrogens with one attached hydrogen (secondary N) is 2. The van der Waals surface area contributed by atoms with Gasteiger partial charge in [0.25, 0.3) is 5.91 Å². The van der Waals surface area contributed by atoms with Crippen LogP contribution in [0.4, 0.5) is 0 Å². The van der Waals surface area contributed by atoms with Crippen LogP contribution in [-0.2, 0) is 6.61 Å². The zero-order chi connectivity index (χ0) is 24.9. The molecule has 0 radical (unpaired) electrons. The number of halogens is 1. The van der Waals surface area contributed by atoms with Crippen LogP contribution < -0.4 is 10.2 Å². The maximum absolute atomic E-state index is 12.7. The minimum Gasteiger partial charge on any atom is -0.507 e. The van der Waals surface area contributed by atoms with Crippen LogP contribution in [0.1, 0.15) is 21.6 Å². The van der Waals surface area contributed by atoms with Gasteiger partial charge in [0, 0.05) is 16.1 Å². The number of phenols is 1. The number of hydrazone groups is 1. The Labute approximate surface area is 212 Å². The third-order valence-electron chi connectivity index (χ3n) is 5.60. The van der Waals surface area contributed by atoms with Crippen molar-refractivity contribution in [2.24, 2.45) is 5.10 Å². The van der Waals surface area contributed by atoms with Crippen LogP contribution in [0.2, 0.25) is 5.02 Å². The number of aromatic amines is 1. The SMILES string of the molecule is O=C(N/N=C/c1c(O)ccc2ccccc12)c1cc(-c2ccccc2OCc2ccc(Cl)cc2)n[nH]1. The number of benzene rings is 4. The minimum absolute atomic E-state index is 0.0748. The smallest absolute Gasteiger partial charge is 0.289 e. The molecule has 0 saturated heterocycles. The average molecular weight is 497 g/mol. The van der Waals surface area contributed by atoms with Gasteiger partial charge in [0.2, 0.25) is 0 Å². The number of hydrogen-bond donors (Lipinski definition) is 3. The van der Waals surface area contributed by atoms with E-state index in [1.54, 1.807) is 12.1 Å². The fourth-order valence-corrected chi connectivity index (χ4v) is 3.88. The third-order valence-corrected chi connectivity index (χ3v) is 5.85. The highest BCUT2D eigenvalue weighted by molar-refractivity contribution is 6.30. The topological polar surface area (TPSA) is 99.6 Å². The molecular formula is C28H21ClN4O3. The first-order chi connectivity index (χ1) is 17.6. The van der Waals surface area contributed by atoms with Gasteiger partial charge in [-0.1, -0.05) is 66.2 Å². The Bertz CT molecular complexity index is 1560. The highest BCUT2D eigenvalue weighted by Crippen LogP contribution is 2.30. The third kappa shape index (κ3) is 5.06. The number of carbonyl (C=O) groups is 1. The van der Waals surface area contributed by atoms with Gasteiger partial charge in [0.1, 0.15) is 23.8 Å². The van der Waals surface area contributed by atoms with Crippen LogP contribution in [0.5, 0.6) is 11.5 Å². The number of fused-ring (bicyclic) bond motifs is 1. The summed E-state index contributed by atoms with van der Waals surface area (Å²) in [6.45, 7) is 0.363. The van der Waals surface area contributed by atoms with E-state index in [-0.39, 0.29) is 11.4 Å². The molecule has 1 aromatic heterocycles. The lowest BCUT2D eigenvalue weighted by Gasteiger charge is -2.10. The molecule has 178 valence electrons. The van der Waals surface area contributed by atoms with Gasteiger partial charge < -0.3 is 9.84 Å². The number of phenolic OH excluding ortho intramolecular Hbond substituents is 1. The van der Waals surface area contributed by atoms with Crippen molar-refractivity contribution in [3.63, 3.8) is 0 Å². The Morgan fingerprint density at radius 1 is 1.03 bits per heavy atom. The van der Waals surface area contributed by atoms with E-state index in [0.717, 1.165) is 21.9 Å². The largest absolute Gasteiger partial charge is 0.507 e. The Kier molecular flexibility index (Phi) is 6.64. The second-order valence-electron chi connectivity index (χ2n) is 8.00. The number of aromatic hydroxyl groups is 1. The molecule has 0 unspecified atom stereocenters. The Morgan fingerprint density at radius 3 is 2.67 bits per heavy atom. The number of rotatable bonds is 7. The molecule has 0 aliphatic carbocycles. The molecule has 0 aliphatic rings. The van der Waals surface area contributed by atoms with E-state index in [2.05, 4.69) is 20.7 Å². The summed E-state index contributed by atoms with van der Waals surface area (Å²) in [6.07, 6.45) is 1.42. The van der Waals surface area contributed by atoms with Crippen molar-refractivity contribution in [3.8, 4) is 22.8 Å². The predicted molar refractivity (Wildman–Crippen MR) is 140 cm³/mol. The second kappa shape index (κ2) is 10.3. The quantitative estimate of drug-likeness (QED) is 0.192. The molecule has 0 bridgehead atoms. The molecule has 0 spiro atoms. The second-order valence-corrected chi connectivity index (χ2v) is 8.43. The standard InChI is InChI=1S/C28H21ClN4O3/c29-20-12-9-18(10-13-20)17-36-27-8-4-3-7-22(27)24-15-25(32-31-24)28(35)33-30-16-23-21-6-2-1-5-19(21)11-14-26(23)34/h1-16,34H,17H2,(H,31,32)(H,33,35)/b30-16+. The number of para-hydroxylation sites is 1. The summed E-state index contributed by atoms with van der Waals surface area (Å²) in [6, 6.07) is 27.6. The van der Waals surface area contributed by atoms with Crippen LogP contribution in [0.3, 0.4) is 0 Å². The molecule has 7 nitrogen and oxygen atoms in total. The van der Waals surface area contributed by atoms with Gasteiger partial charge in [-0.3, -0.25) is 9.89 Å². The van der Waals surface area contributed by atoms with Crippen LogP contribution >= 0.6 is 11.6 Å². The van der Waals surface area contributed by atoms with Crippen LogP contribution in [0, 0.1) is 0 Å². The van der Waals surface area contributed by atoms with Crippen molar-refractivity contribution in [1.29, 1.82) is 0 Å². The lowest BCUT2D eigenvalue weighted by atomic mass is 10.0. The number of ether oxygens (including phenoxy) is 1. The lowest BCUT2D eigenvalue weighted by molar-refractivity contribution is 0.0950. The molecule has 1 amide bonds. The summed E-state index contributed by atoms with van der Waals surface area (Å²) >= 11 is 5.95. The fourth-order valence-electron chi connectivity index (χ4n) is 3.76. The van der Waals surface area contributed by atoms with E-state index in [1.807, 2.05) is 78.9 Å². The minimum atomic E-state index is -0.468. The molecular weight excluding hydrogens is 476 g/mol. The van der Waals surface area contributed by atoms with Gasteiger partial charge in [-0.05, 0) is 52.7 Å². The van der Waals surface area contributed by atoms with E-state index in [4.69, 9.17) is 16.3 Å². The molecule has 3 N–H and O–H groups in total.